The summed E-state index contributed by atoms with van der Waals surface area (Å²) in [6, 6.07) is 4.51. The molecule has 0 saturated heterocycles. The fraction of sp³-hybridized carbons (Fsp3) is 0.400. The Labute approximate surface area is 128 Å². The first-order valence-corrected chi connectivity index (χ1v) is 7.90. The van der Waals surface area contributed by atoms with Gasteiger partial charge >= 0.3 is 0 Å². The second-order valence-corrected chi connectivity index (χ2v) is 6.27. The summed E-state index contributed by atoms with van der Waals surface area (Å²) in [5.41, 5.74) is 1.92. The van der Waals surface area contributed by atoms with Crippen LogP contribution in [0.4, 0.5) is 4.39 Å². The van der Waals surface area contributed by atoms with Crippen LogP contribution in [0.2, 0.25) is 5.02 Å². The number of hydrogen-bond donors (Lipinski definition) is 1. The number of halogens is 2. The highest BCUT2D eigenvalue weighted by atomic mass is 35.5. The van der Waals surface area contributed by atoms with Crippen LogP contribution in [0, 0.1) is 12.7 Å². The van der Waals surface area contributed by atoms with Crippen LogP contribution >= 0.6 is 22.9 Å². The lowest BCUT2D eigenvalue weighted by Crippen LogP contribution is -2.22. The Balaban J connectivity index is 2.43. The summed E-state index contributed by atoms with van der Waals surface area (Å²) >= 11 is 7.62. The average Bonchev–Trinajstić information content (AvgIpc) is 2.75. The second kappa shape index (κ2) is 6.66. The van der Waals surface area contributed by atoms with Gasteiger partial charge in [0.25, 0.3) is 0 Å². The number of benzene rings is 1. The van der Waals surface area contributed by atoms with Crippen LogP contribution < -0.4 is 5.32 Å². The zero-order valence-electron chi connectivity index (χ0n) is 11.8. The molecule has 1 unspecified atom stereocenters. The molecular formula is C15H18ClFN2S. The third kappa shape index (κ3) is 3.37. The van der Waals surface area contributed by atoms with Crippen molar-refractivity contribution < 1.29 is 4.39 Å². The van der Waals surface area contributed by atoms with Gasteiger partial charge < -0.3 is 5.32 Å². The van der Waals surface area contributed by atoms with E-state index >= 15 is 0 Å². The zero-order valence-corrected chi connectivity index (χ0v) is 13.4. The third-order valence-electron chi connectivity index (χ3n) is 3.12. The summed E-state index contributed by atoms with van der Waals surface area (Å²) in [7, 11) is 0. The molecule has 1 N–H and O–H groups in total. The maximum Gasteiger partial charge on any atom is 0.125 e. The Bertz CT molecular complexity index is 577. The topological polar surface area (TPSA) is 24.9 Å². The minimum atomic E-state index is -0.320. The molecule has 0 radical (unpaired) electrons. The number of thiazole rings is 1. The Morgan fingerprint density at radius 2 is 2.10 bits per heavy atom. The van der Waals surface area contributed by atoms with E-state index in [0.717, 1.165) is 29.2 Å². The smallest absolute Gasteiger partial charge is 0.125 e. The molecule has 0 aliphatic heterocycles. The average molecular weight is 313 g/mol. The summed E-state index contributed by atoms with van der Waals surface area (Å²) in [6.45, 7) is 6.96. The van der Waals surface area contributed by atoms with Crippen LogP contribution in [0.3, 0.4) is 0 Å². The number of nitrogens with zero attached hydrogens (tertiary/aromatic N) is 1. The van der Waals surface area contributed by atoms with Gasteiger partial charge in [0.15, 0.2) is 0 Å². The summed E-state index contributed by atoms with van der Waals surface area (Å²) in [5, 5.41) is 4.73. The van der Waals surface area contributed by atoms with Crippen molar-refractivity contribution in [3.05, 3.63) is 50.2 Å². The van der Waals surface area contributed by atoms with E-state index in [2.05, 4.69) is 24.1 Å². The van der Waals surface area contributed by atoms with Crippen molar-refractivity contribution in [3.8, 4) is 0 Å². The minimum Gasteiger partial charge on any atom is -0.305 e. The normalized spacial score (nSPS) is 12.7. The quantitative estimate of drug-likeness (QED) is 0.879. The summed E-state index contributed by atoms with van der Waals surface area (Å²) in [4.78, 5) is 5.89. The number of nitrogens with one attached hydrogen (secondary N) is 1. The van der Waals surface area contributed by atoms with E-state index in [1.54, 1.807) is 17.4 Å². The molecule has 0 aliphatic carbocycles. The van der Waals surface area contributed by atoms with E-state index in [1.165, 1.54) is 17.0 Å². The lowest BCUT2D eigenvalue weighted by atomic mass is 10.1. The highest BCUT2D eigenvalue weighted by Gasteiger charge is 2.19. The van der Waals surface area contributed by atoms with Gasteiger partial charge in [0, 0.05) is 9.90 Å². The van der Waals surface area contributed by atoms with Crippen molar-refractivity contribution in [2.45, 2.75) is 33.2 Å². The Morgan fingerprint density at radius 1 is 1.35 bits per heavy atom. The second-order valence-electron chi connectivity index (χ2n) is 4.60. The van der Waals surface area contributed by atoms with Crippen molar-refractivity contribution in [1.82, 2.24) is 10.3 Å². The van der Waals surface area contributed by atoms with Crippen molar-refractivity contribution in [1.29, 1.82) is 0 Å². The first kappa shape index (κ1) is 15.4. The molecular weight excluding hydrogens is 295 g/mol. The highest BCUT2D eigenvalue weighted by Crippen LogP contribution is 2.30. The molecule has 0 fully saturated rings. The first-order valence-electron chi connectivity index (χ1n) is 6.70. The van der Waals surface area contributed by atoms with Gasteiger partial charge in [-0.1, -0.05) is 25.4 Å². The van der Waals surface area contributed by atoms with Gasteiger partial charge in [0.05, 0.1) is 11.7 Å². The van der Waals surface area contributed by atoms with Gasteiger partial charge in [0.2, 0.25) is 0 Å². The predicted octanol–water partition coefficient (Wildman–Crippen LogP) is 4.51. The molecule has 0 aliphatic rings. The first-order chi connectivity index (χ1) is 9.55. The fourth-order valence-corrected chi connectivity index (χ4v) is 3.54. The Morgan fingerprint density at radius 3 is 2.65 bits per heavy atom. The van der Waals surface area contributed by atoms with E-state index in [9.17, 15) is 4.39 Å². The maximum atomic E-state index is 13.6. The van der Waals surface area contributed by atoms with Crippen LogP contribution in [-0.2, 0) is 6.42 Å². The molecule has 0 amide bonds. The van der Waals surface area contributed by atoms with Gasteiger partial charge in [-0.15, -0.1) is 11.3 Å². The molecule has 108 valence electrons. The van der Waals surface area contributed by atoms with Crippen LogP contribution in [-0.4, -0.2) is 11.5 Å². The minimum absolute atomic E-state index is 0.114. The van der Waals surface area contributed by atoms with Crippen LogP contribution in [0.15, 0.2) is 18.2 Å². The van der Waals surface area contributed by atoms with E-state index < -0.39 is 0 Å². The van der Waals surface area contributed by atoms with Gasteiger partial charge in [-0.05, 0) is 43.7 Å². The Hall–Kier alpha value is -0.970. The molecule has 2 nitrogen and oxygen atoms in total. The SMILES string of the molecule is CCNC(c1cc(F)cc(Cl)c1)c1nc(CC)c(C)s1. The third-order valence-corrected chi connectivity index (χ3v) is 4.41. The zero-order chi connectivity index (χ0) is 14.7. The lowest BCUT2D eigenvalue weighted by Gasteiger charge is -2.16. The molecule has 20 heavy (non-hydrogen) atoms. The predicted molar refractivity (Wildman–Crippen MR) is 83.2 cm³/mol. The monoisotopic (exact) mass is 312 g/mol. The molecule has 1 aromatic heterocycles. The summed E-state index contributed by atoms with van der Waals surface area (Å²) < 4.78 is 13.6. The van der Waals surface area contributed by atoms with Crippen molar-refractivity contribution in [2.75, 3.05) is 6.54 Å². The molecule has 0 saturated carbocycles. The molecule has 1 heterocycles. The van der Waals surface area contributed by atoms with E-state index in [0.29, 0.717) is 5.02 Å². The number of rotatable bonds is 5. The number of hydrogen-bond acceptors (Lipinski definition) is 3. The molecule has 2 aromatic rings. The van der Waals surface area contributed by atoms with Gasteiger partial charge in [-0.3, -0.25) is 0 Å². The Kier molecular flexibility index (Phi) is 5.13. The number of aryl methyl sites for hydroxylation is 2. The van der Waals surface area contributed by atoms with E-state index in [4.69, 9.17) is 11.6 Å². The molecule has 5 heteroatoms. The largest absolute Gasteiger partial charge is 0.305 e. The molecule has 0 spiro atoms. The summed E-state index contributed by atoms with van der Waals surface area (Å²) in [6.07, 6.45) is 0.908. The van der Waals surface area contributed by atoms with E-state index in [-0.39, 0.29) is 11.9 Å². The molecule has 1 aromatic carbocycles. The molecule has 2 rings (SSSR count). The lowest BCUT2D eigenvalue weighted by molar-refractivity contribution is 0.601. The van der Waals surface area contributed by atoms with Gasteiger partial charge in [0.1, 0.15) is 10.8 Å². The van der Waals surface area contributed by atoms with Crippen molar-refractivity contribution >= 4 is 22.9 Å². The van der Waals surface area contributed by atoms with Crippen molar-refractivity contribution in [3.63, 3.8) is 0 Å². The molecule has 0 bridgehead atoms. The van der Waals surface area contributed by atoms with Crippen LogP contribution in [0.5, 0.6) is 0 Å². The fourth-order valence-electron chi connectivity index (χ4n) is 2.20. The highest BCUT2D eigenvalue weighted by molar-refractivity contribution is 7.11. The van der Waals surface area contributed by atoms with Crippen LogP contribution in [0.1, 0.15) is 41.0 Å². The standard InChI is InChI=1S/C15H18ClFN2S/c1-4-13-9(3)20-15(19-13)14(18-5-2)10-6-11(16)8-12(17)7-10/h6-8,14,18H,4-5H2,1-3H3. The van der Waals surface area contributed by atoms with Gasteiger partial charge in [-0.2, -0.15) is 0 Å². The maximum absolute atomic E-state index is 13.6. The summed E-state index contributed by atoms with van der Waals surface area (Å²) in [5.74, 6) is -0.320. The van der Waals surface area contributed by atoms with Gasteiger partial charge in [-0.25, -0.2) is 9.37 Å². The van der Waals surface area contributed by atoms with Crippen LogP contribution in [0.25, 0.3) is 0 Å². The number of aromatic nitrogens is 1. The molecule has 1 atom stereocenters. The van der Waals surface area contributed by atoms with Crippen molar-refractivity contribution in [2.24, 2.45) is 0 Å². The van der Waals surface area contributed by atoms with E-state index in [1.807, 2.05) is 6.92 Å².